The molecule has 0 spiro atoms. The molecule has 2 aromatic rings. The van der Waals surface area contributed by atoms with Crippen LogP contribution in [0.25, 0.3) is 0 Å². The van der Waals surface area contributed by atoms with Crippen LogP contribution >= 0.6 is 46.6 Å². The van der Waals surface area contributed by atoms with Crippen molar-refractivity contribution in [1.29, 1.82) is 0 Å². The standard InChI is InChI=1S/C22H22Cl3F2N3O3S/c1-22(24,25)11-18(32)28-12-5-6-14(23)13(10-12)21(33)29-16-8-7-15(26)20(19(16)27)30-17(31)4-3-9-34-2/h5-8,10H,3-4,9,11H2,1-2H3,(H,28,32)(H,29,33)(H,30,31). The van der Waals surface area contributed by atoms with Crippen LogP contribution in [0.5, 0.6) is 0 Å². The molecule has 0 bridgehead atoms. The van der Waals surface area contributed by atoms with Gasteiger partial charge in [-0.15, -0.1) is 23.2 Å². The Kier molecular flexibility index (Phi) is 10.4. The van der Waals surface area contributed by atoms with Gasteiger partial charge in [-0.1, -0.05) is 11.6 Å². The quantitative estimate of drug-likeness (QED) is 0.233. The van der Waals surface area contributed by atoms with Crippen molar-refractivity contribution in [2.24, 2.45) is 0 Å². The Labute approximate surface area is 215 Å². The summed E-state index contributed by atoms with van der Waals surface area (Å²) < 4.78 is 27.7. The summed E-state index contributed by atoms with van der Waals surface area (Å²) in [4.78, 5) is 36.8. The number of halogens is 5. The van der Waals surface area contributed by atoms with Gasteiger partial charge in [0.05, 0.1) is 22.7 Å². The van der Waals surface area contributed by atoms with E-state index in [4.69, 9.17) is 34.8 Å². The largest absolute Gasteiger partial charge is 0.326 e. The fraction of sp³-hybridized carbons (Fsp3) is 0.318. The van der Waals surface area contributed by atoms with Gasteiger partial charge in [0.15, 0.2) is 5.82 Å². The van der Waals surface area contributed by atoms with Crippen molar-refractivity contribution in [1.82, 2.24) is 0 Å². The smallest absolute Gasteiger partial charge is 0.257 e. The van der Waals surface area contributed by atoms with Gasteiger partial charge < -0.3 is 16.0 Å². The third-order valence-corrected chi connectivity index (χ3v) is 5.62. The molecule has 184 valence electrons. The molecular formula is C22H22Cl3F2N3O3S. The van der Waals surface area contributed by atoms with Crippen LogP contribution in [0.1, 0.15) is 36.5 Å². The molecule has 0 aliphatic carbocycles. The van der Waals surface area contributed by atoms with Crippen molar-refractivity contribution in [3.8, 4) is 0 Å². The molecule has 0 aliphatic rings. The van der Waals surface area contributed by atoms with Crippen LogP contribution in [-0.2, 0) is 9.59 Å². The molecule has 0 unspecified atom stereocenters. The lowest BCUT2D eigenvalue weighted by atomic mass is 10.1. The minimum atomic E-state index is -1.28. The van der Waals surface area contributed by atoms with E-state index in [9.17, 15) is 23.2 Å². The highest BCUT2D eigenvalue weighted by molar-refractivity contribution is 7.98. The van der Waals surface area contributed by atoms with Crippen LogP contribution in [0.2, 0.25) is 5.02 Å². The number of hydrogen-bond donors (Lipinski definition) is 3. The molecular weight excluding hydrogens is 531 g/mol. The molecule has 0 fully saturated rings. The van der Waals surface area contributed by atoms with E-state index in [1.807, 2.05) is 6.26 Å². The van der Waals surface area contributed by atoms with Gasteiger partial charge in [0.2, 0.25) is 11.8 Å². The normalized spacial score (nSPS) is 11.1. The number of thioether (sulfide) groups is 1. The van der Waals surface area contributed by atoms with E-state index < -0.39 is 39.4 Å². The van der Waals surface area contributed by atoms with Gasteiger partial charge in [-0.3, -0.25) is 14.4 Å². The summed E-state index contributed by atoms with van der Waals surface area (Å²) in [6, 6.07) is 6.05. The maximum Gasteiger partial charge on any atom is 0.257 e. The second-order valence-electron chi connectivity index (χ2n) is 7.37. The summed E-state index contributed by atoms with van der Waals surface area (Å²) in [6.07, 6.45) is 2.32. The maximum absolute atomic E-state index is 14.9. The van der Waals surface area contributed by atoms with Gasteiger partial charge in [-0.25, -0.2) is 8.78 Å². The molecule has 34 heavy (non-hydrogen) atoms. The fourth-order valence-corrected chi connectivity index (χ4v) is 3.68. The number of benzene rings is 2. The van der Waals surface area contributed by atoms with E-state index >= 15 is 0 Å². The minimum absolute atomic E-state index is 0.0277. The third kappa shape index (κ3) is 8.61. The highest BCUT2D eigenvalue weighted by atomic mass is 35.5. The van der Waals surface area contributed by atoms with E-state index in [1.165, 1.54) is 25.1 Å². The second kappa shape index (κ2) is 12.6. The van der Waals surface area contributed by atoms with E-state index in [-0.39, 0.29) is 34.8 Å². The van der Waals surface area contributed by atoms with Crippen molar-refractivity contribution in [3.63, 3.8) is 0 Å². The van der Waals surface area contributed by atoms with Gasteiger partial charge in [0, 0.05) is 12.1 Å². The van der Waals surface area contributed by atoms with Crippen molar-refractivity contribution in [3.05, 3.63) is 52.6 Å². The molecule has 0 heterocycles. The first-order chi connectivity index (χ1) is 15.9. The van der Waals surface area contributed by atoms with E-state index in [0.717, 1.165) is 17.9 Å². The number of carbonyl (C=O) groups is 3. The molecule has 0 aromatic heterocycles. The van der Waals surface area contributed by atoms with Gasteiger partial charge in [-0.05, 0) is 55.7 Å². The number of rotatable bonds is 10. The summed E-state index contributed by atoms with van der Waals surface area (Å²) in [5.41, 5.74) is -0.874. The lowest BCUT2D eigenvalue weighted by molar-refractivity contribution is -0.117. The van der Waals surface area contributed by atoms with Crippen LogP contribution in [0.3, 0.4) is 0 Å². The zero-order chi connectivity index (χ0) is 25.5. The fourth-order valence-electron chi connectivity index (χ4n) is 2.80. The Morgan fingerprint density at radius 3 is 2.38 bits per heavy atom. The molecule has 0 atom stereocenters. The predicted octanol–water partition coefficient (Wildman–Crippen LogP) is 6.47. The Hall–Kier alpha value is -2.07. The van der Waals surface area contributed by atoms with Crippen molar-refractivity contribution >= 4 is 81.3 Å². The molecule has 0 radical (unpaired) electrons. The molecule has 2 rings (SSSR count). The number of hydrogen-bond acceptors (Lipinski definition) is 4. The Bertz CT molecular complexity index is 1080. The van der Waals surface area contributed by atoms with Gasteiger partial charge in [-0.2, -0.15) is 11.8 Å². The van der Waals surface area contributed by atoms with Gasteiger partial charge in [0.1, 0.15) is 15.8 Å². The Morgan fingerprint density at radius 1 is 1.03 bits per heavy atom. The first-order valence-electron chi connectivity index (χ1n) is 9.96. The minimum Gasteiger partial charge on any atom is -0.326 e. The molecule has 2 aromatic carbocycles. The van der Waals surface area contributed by atoms with Gasteiger partial charge in [0.25, 0.3) is 5.91 Å². The van der Waals surface area contributed by atoms with Crippen molar-refractivity contribution in [2.45, 2.75) is 30.5 Å². The summed E-state index contributed by atoms with van der Waals surface area (Å²) in [7, 11) is 0. The SMILES string of the molecule is CSCCCC(=O)Nc1c(F)ccc(NC(=O)c2cc(NC(=O)CC(C)(Cl)Cl)ccc2Cl)c1F. The molecule has 3 N–H and O–H groups in total. The highest BCUT2D eigenvalue weighted by Crippen LogP contribution is 2.29. The molecule has 0 saturated heterocycles. The van der Waals surface area contributed by atoms with Crippen LogP contribution in [0.15, 0.2) is 30.3 Å². The number of nitrogens with one attached hydrogen (secondary N) is 3. The van der Waals surface area contributed by atoms with Crippen molar-refractivity contribution < 1.29 is 23.2 Å². The summed E-state index contributed by atoms with van der Waals surface area (Å²) in [5.74, 6) is -3.26. The number of anilines is 3. The van der Waals surface area contributed by atoms with E-state index in [0.29, 0.717) is 6.42 Å². The maximum atomic E-state index is 14.9. The summed E-state index contributed by atoms with van der Waals surface area (Å²) in [6.45, 7) is 1.45. The van der Waals surface area contributed by atoms with Crippen LogP contribution in [-0.4, -0.2) is 34.1 Å². The monoisotopic (exact) mass is 551 g/mol. The number of carbonyl (C=O) groups excluding carboxylic acids is 3. The highest BCUT2D eigenvalue weighted by Gasteiger charge is 2.22. The third-order valence-electron chi connectivity index (χ3n) is 4.32. The van der Waals surface area contributed by atoms with Crippen molar-refractivity contribution in [2.75, 3.05) is 28.0 Å². The van der Waals surface area contributed by atoms with Gasteiger partial charge >= 0.3 is 0 Å². The Morgan fingerprint density at radius 2 is 1.74 bits per heavy atom. The lowest BCUT2D eigenvalue weighted by Crippen LogP contribution is -2.21. The average molecular weight is 553 g/mol. The van der Waals surface area contributed by atoms with Crippen LogP contribution < -0.4 is 16.0 Å². The first-order valence-corrected chi connectivity index (χ1v) is 12.5. The summed E-state index contributed by atoms with van der Waals surface area (Å²) in [5, 5.41) is 7.08. The zero-order valence-corrected chi connectivity index (χ0v) is 21.3. The molecule has 3 amide bonds. The van der Waals surface area contributed by atoms with E-state index in [1.54, 1.807) is 11.8 Å². The first kappa shape index (κ1) is 28.2. The molecule has 12 heteroatoms. The molecule has 6 nitrogen and oxygen atoms in total. The number of alkyl halides is 2. The lowest BCUT2D eigenvalue weighted by Gasteiger charge is -2.14. The Balaban J connectivity index is 2.19. The van der Waals surface area contributed by atoms with Crippen LogP contribution in [0, 0.1) is 11.6 Å². The molecule has 0 saturated carbocycles. The average Bonchev–Trinajstić information content (AvgIpc) is 2.73. The van der Waals surface area contributed by atoms with Crippen LogP contribution in [0.4, 0.5) is 25.8 Å². The zero-order valence-electron chi connectivity index (χ0n) is 18.2. The predicted molar refractivity (Wildman–Crippen MR) is 135 cm³/mol. The topological polar surface area (TPSA) is 87.3 Å². The van der Waals surface area contributed by atoms with E-state index in [2.05, 4.69) is 16.0 Å². The summed E-state index contributed by atoms with van der Waals surface area (Å²) >= 11 is 19.3. The molecule has 0 aliphatic heterocycles. The second-order valence-corrected chi connectivity index (χ2v) is 10.6. The number of amides is 3.